The summed E-state index contributed by atoms with van der Waals surface area (Å²) in [6.07, 6.45) is 9.53. The summed E-state index contributed by atoms with van der Waals surface area (Å²) in [6.45, 7) is 4.43. The van der Waals surface area contributed by atoms with Gasteiger partial charge in [-0.25, -0.2) is 0 Å². The fourth-order valence-electron chi connectivity index (χ4n) is 3.74. The highest BCUT2D eigenvalue weighted by Crippen LogP contribution is 2.22. The Hall–Kier alpha value is -1.94. The number of hydrogen-bond donors (Lipinski definition) is 0. The number of nitrogens with zero attached hydrogens (tertiary/aromatic N) is 4. The molecule has 2 aliphatic rings. The molecule has 1 aliphatic carbocycles. The summed E-state index contributed by atoms with van der Waals surface area (Å²) in [7, 11) is 0. The Morgan fingerprint density at radius 2 is 1.91 bits per heavy atom. The number of rotatable bonds is 3. The zero-order valence-electron chi connectivity index (χ0n) is 13.6. The number of benzene rings is 1. The molecule has 0 bridgehead atoms. The van der Waals surface area contributed by atoms with Gasteiger partial charge < -0.3 is 9.47 Å². The maximum absolute atomic E-state index is 4.45. The minimum atomic E-state index is 0.831. The Bertz CT molecular complexity index is 674. The first-order valence-corrected chi connectivity index (χ1v) is 8.75. The predicted octanol–water partition coefficient (Wildman–Crippen LogP) is 3.16. The second-order valence-corrected chi connectivity index (χ2v) is 6.66. The molecule has 1 aromatic heterocycles. The van der Waals surface area contributed by atoms with Gasteiger partial charge in [0.25, 0.3) is 0 Å². The Labute approximate surface area is 137 Å². The Morgan fingerprint density at radius 1 is 1.00 bits per heavy atom. The van der Waals surface area contributed by atoms with Crippen LogP contribution >= 0.6 is 0 Å². The van der Waals surface area contributed by atoms with Crippen molar-refractivity contribution in [1.82, 2.24) is 19.7 Å². The summed E-state index contributed by atoms with van der Waals surface area (Å²) in [4.78, 5) is 2.62. The SMILES string of the molecule is C1=CC[C@@H](CN2CCc3nnc(-c4ccccc4)n3CC2)CC1. The molecule has 0 radical (unpaired) electrons. The van der Waals surface area contributed by atoms with Crippen molar-refractivity contribution in [3.8, 4) is 11.4 Å². The van der Waals surface area contributed by atoms with Crippen LogP contribution in [0.4, 0.5) is 0 Å². The lowest BCUT2D eigenvalue weighted by Crippen LogP contribution is -2.32. The van der Waals surface area contributed by atoms with E-state index in [9.17, 15) is 0 Å². The van der Waals surface area contributed by atoms with Crippen molar-refractivity contribution in [3.63, 3.8) is 0 Å². The lowest BCUT2D eigenvalue weighted by Gasteiger charge is -2.26. The van der Waals surface area contributed by atoms with E-state index in [1.165, 1.54) is 25.8 Å². The average Bonchev–Trinajstić information content (AvgIpc) is 2.92. The topological polar surface area (TPSA) is 34.0 Å². The minimum absolute atomic E-state index is 0.831. The van der Waals surface area contributed by atoms with E-state index in [1.807, 2.05) is 6.07 Å². The molecule has 4 heteroatoms. The molecule has 4 nitrogen and oxygen atoms in total. The first-order chi connectivity index (χ1) is 11.4. The standard InChI is InChI=1S/C19H24N4/c1-3-7-16(8-4-1)15-22-12-11-18-20-21-19(23(18)14-13-22)17-9-5-2-6-10-17/h1-3,5-6,9-10,16H,4,7-8,11-15H2/t16-/m1/s1. The molecule has 23 heavy (non-hydrogen) atoms. The van der Waals surface area contributed by atoms with Crippen molar-refractivity contribution in [3.05, 3.63) is 48.3 Å². The van der Waals surface area contributed by atoms with E-state index >= 15 is 0 Å². The van der Waals surface area contributed by atoms with Gasteiger partial charge in [0.05, 0.1) is 0 Å². The van der Waals surface area contributed by atoms with Gasteiger partial charge in [-0.3, -0.25) is 0 Å². The number of hydrogen-bond acceptors (Lipinski definition) is 3. The van der Waals surface area contributed by atoms with Crippen molar-refractivity contribution in [2.24, 2.45) is 5.92 Å². The van der Waals surface area contributed by atoms with E-state index in [-0.39, 0.29) is 0 Å². The van der Waals surface area contributed by atoms with E-state index in [0.29, 0.717) is 0 Å². The lowest BCUT2D eigenvalue weighted by molar-refractivity contribution is 0.226. The highest BCUT2D eigenvalue weighted by Gasteiger charge is 2.21. The summed E-state index contributed by atoms with van der Waals surface area (Å²) < 4.78 is 2.32. The molecule has 0 saturated heterocycles. The van der Waals surface area contributed by atoms with Gasteiger partial charge in [0, 0.05) is 38.2 Å². The van der Waals surface area contributed by atoms with Crippen LogP contribution in [0.2, 0.25) is 0 Å². The molecule has 0 amide bonds. The molecular formula is C19H24N4. The number of allylic oxidation sites excluding steroid dienone is 2. The van der Waals surface area contributed by atoms with Crippen molar-refractivity contribution in [1.29, 1.82) is 0 Å². The molecule has 2 aromatic rings. The first kappa shape index (κ1) is 14.6. The van der Waals surface area contributed by atoms with Crippen molar-refractivity contribution < 1.29 is 0 Å². The zero-order chi connectivity index (χ0) is 15.5. The smallest absolute Gasteiger partial charge is 0.164 e. The van der Waals surface area contributed by atoms with E-state index in [0.717, 1.165) is 49.2 Å². The van der Waals surface area contributed by atoms with Crippen LogP contribution in [0.25, 0.3) is 11.4 Å². The third-order valence-corrected chi connectivity index (χ3v) is 5.04. The summed E-state index contributed by atoms with van der Waals surface area (Å²) >= 11 is 0. The van der Waals surface area contributed by atoms with Gasteiger partial charge in [-0.15, -0.1) is 10.2 Å². The number of fused-ring (bicyclic) bond motifs is 1. The summed E-state index contributed by atoms with van der Waals surface area (Å²) in [5, 5.41) is 8.89. The van der Waals surface area contributed by atoms with Crippen LogP contribution in [0.1, 0.15) is 25.1 Å². The van der Waals surface area contributed by atoms with Gasteiger partial charge in [0.15, 0.2) is 5.82 Å². The zero-order valence-corrected chi connectivity index (χ0v) is 13.6. The van der Waals surface area contributed by atoms with E-state index < -0.39 is 0 Å². The van der Waals surface area contributed by atoms with Crippen LogP contribution in [-0.4, -0.2) is 39.3 Å². The molecule has 1 aromatic carbocycles. The van der Waals surface area contributed by atoms with Crippen LogP contribution in [0, 0.1) is 5.92 Å². The maximum Gasteiger partial charge on any atom is 0.164 e. The van der Waals surface area contributed by atoms with Gasteiger partial charge in [0.2, 0.25) is 0 Å². The van der Waals surface area contributed by atoms with Crippen molar-refractivity contribution in [2.45, 2.75) is 32.2 Å². The third-order valence-electron chi connectivity index (χ3n) is 5.04. The van der Waals surface area contributed by atoms with Crippen molar-refractivity contribution in [2.75, 3.05) is 19.6 Å². The second kappa shape index (κ2) is 6.67. The van der Waals surface area contributed by atoms with Gasteiger partial charge in [0.1, 0.15) is 5.82 Å². The van der Waals surface area contributed by atoms with Crippen LogP contribution in [0.5, 0.6) is 0 Å². The summed E-state index contributed by atoms with van der Waals surface area (Å²) in [5.74, 6) is 2.98. The predicted molar refractivity (Wildman–Crippen MR) is 92.1 cm³/mol. The third kappa shape index (κ3) is 3.22. The normalized spacial score (nSPS) is 21.8. The maximum atomic E-state index is 4.45. The van der Waals surface area contributed by atoms with E-state index in [1.54, 1.807) is 0 Å². The molecule has 0 spiro atoms. The largest absolute Gasteiger partial charge is 0.310 e. The first-order valence-electron chi connectivity index (χ1n) is 8.75. The molecule has 2 heterocycles. The highest BCUT2D eigenvalue weighted by atomic mass is 15.3. The Morgan fingerprint density at radius 3 is 2.74 bits per heavy atom. The van der Waals surface area contributed by atoms with E-state index in [2.05, 4.69) is 56.1 Å². The number of aromatic nitrogens is 3. The van der Waals surface area contributed by atoms with Crippen LogP contribution in [-0.2, 0) is 13.0 Å². The molecule has 0 fully saturated rings. The second-order valence-electron chi connectivity index (χ2n) is 6.66. The van der Waals surface area contributed by atoms with Gasteiger partial charge in [-0.1, -0.05) is 42.5 Å². The van der Waals surface area contributed by atoms with Gasteiger partial charge >= 0.3 is 0 Å². The minimum Gasteiger partial charge on any atom is -0.310 e. The Balaban J connectivity index is 1.47. The molecule has 1 aliphatic heterocycles. The quantitative estimate of drug-likeness (QED) is 0.817. The van der Waals surface area contributed by atoms with Crippen LogP contribution in [0.3, 0.4) is 0 Å². The van der Waals surface area contributed by atoms with Gasteiger partial charge in [-0.05, 0) is 25.2 Å². The fraction of sp³-hybridized carbons (Fsp3) is 0.474. The molecule has 0 unspecified atom stereocenters. The molecule has 4 rings (SSSR count). The molecule has 1 atom stereocenters. The molecule has 0 saturated carbocycles. The van der Waals surface area contributed by atoms with Crippen molar-refractivity contribution >= 4 is 0 Å². The summed E-state index contributed by atoms with van der Waals surface area (Å²) in [5.41, 5.74) is 1.16. The van der Waals surface area contributed by atoms with Crippen LogP contribution < -0.4 is 0 Å². The highest BCUT2D eigenvalue weighted by molar-refractivity contribution is 5.55. The Kier molecular flexibility index (Phi) is 4.24. The lowest BCUT2D eigenvalue weighted by atomic mass is 9.94. The molecule has 0 N–H and O–H groups in total. The van der Waals surface area contributed by atoms with Gasteiger partial charge in [-0.2, -0.15) is 0 Å². The fourth-order valence-corrected chi connectivity index (χ4v) is 3.74. The summed E-state index contributed by atoms with van der Waals surface area (Å²) in [6, 6.07) is 10.4. The molecular weight excluding hydrogens is 284 g/mol. The van der Waals surface area contributed by atoms with Crippen LogP contribution in [0.15, 0.2) is 42.5 Å². The monoisotopic (exact) mass is 308 g/mol. The molecule has 120 valence electrons. The average molecular weight is 308 g/mol. The van der Waals surface area contributed by atoms with E-state index in [4.69, 9.17) is 0 Å².